The Hall–Kier alpha value is -2.28. The molecule has 2 aromatic heterocycles. The zero-order valence-electron chi connectivity index (χ0n) is 11.0. The molecule has 0 radical (unpaired) electrons. The fraction of sp³-hybridized carbons (Fsp3) is 0.231. The molecule has 2 rings (SSSR count). The summed E-state index contributed by atoms with van der Waals surface area (Å²) in [7, 11) is 3.07. The van der Waals surface area contributed by atoms with Crippen molar-refractivity contribution in [1.29, 1.82) is 0 Å². The van der Waals surface area contributed by atoms with Crippen LogP contribution in [0.4, 0.5) is 0 Å². The summed E-state index contributed by atoms with van der Waals surface area (Å²) in [6.07, 6.45) is 1.59. The maximum Gasteiger partial charge on any atom is 0.346 e. The van der Waals surface area contributed by atoms with Crippen molar-refractivity contribution in [3.05, 3.63) is 34.3 Å². The van der Waals surface area contributed by atoms with Gasteiger partial charge in [0.2, 0.25) is 0 Å². The number of methoxy groups -OCH3 is 2. The standard InChI is InChI=1S/C13H13NO5S/c1-17-10-3-4-14-9(12(10)18-2)6-19-8-5-11(13(15)16)20-7-8/h3-5,7H,6H2,1-2H3,(H,15,16). The van der Waals surface area contributed by atoms with Gasteiger partial charge in [-0.3, -0.25) is 4.98 Å². The Bertz CT molecular complexity index is 611. The third kappa shape index (κ3) is 3.00. The molecule has 0 spiro atoms. The highest BCUT2D eigenvalue weighted by Crippen LogP contribution is 2.30. The molecule has 0 aromatic carbocycles. The lowest BCUT2D eigenvalue weighted by Crippen LogP contribution is -2.02. The average Bonchev–Trinajstić information content (AvgIpc) is 2.93. The largest absolute Gasteiger partial charge is 0.493 e. The minimum absolute atomic E-state index is 0.163. The molecule has 2 aromatic rings. The van der Waals surface area contributed by atoms with Crippen molar-refractivity contribution in [3.63, 3.8) is 0 Å². The smallest absolute Gasteiger partial charge is 0.346 e. The lowest BCUT2D eigenvalue weighted by atomic mass is 10.3. The molecule has 2 heterocycles. The first kappa shape index (κ1) is 14.1. The SMILES string of the molecule is COc1ccnc(COc2csc(C(=O)O)c2)c1OC. The van der Waals surface area contributed by atoms with Crippen molar-refractivity contribution >= 4 is 17.3 Å². The average molecular weight is 295 g/mol. The lowest BCUT2D eigenvalue weighted by molar-refractivity contribution is 0.0702. The van der Waals surface area contributed by atoms with E-state index in [0.29, 0.717) is 22.9 Å². The number of pyridine rings is 1. The first-order valence-corrected chi connectivity index (χ1v) is 6.54. The van der Waals surface area contributed by atoms with E-state index >= 15 is 0 Å². The van der Waals surface area contributed by atoms with Gasteiger partial charge in [0.1, 0.15) is 22.9 Å². The second-order valence-corrected chi connectivity index (χ2v) is 4.64. The van der Waals surface area contributed by atoms with Crippen LogP contribution >= 0.6 is 11.3 Å². The number of thiophene rings is 1. The van der Waals surface area contributed by atoms with Crippen molar-refractivity contribution in [2.45, 2.75) is 6.61 Å². The summed E-state index contributed by atoms with van der Waals surface area (Å²) >= 11 is 1.11. The van der Waals surface area contributed by atoms with Crippen LogP contribution in [0.1, 0.15) is 15.4 Å². The Balaban J connectivity index is 2.12. The summed E-state index contributed by atoms with van der Waals surface area (Å²) in [5.74, 6) is 0.586. The van der Waals surface area contributed by atoms with Crippen molar-refractivity contribution < 1.29 is 24.1 Å². The molecule has 0 aliphatic rings. The van der Waals surface area contributed by atoms with E-state index in [2.05, 4.69) is 4.98 Å². The summed E-state index contributed by atoms with van der Waals surface area (Å²) in [6.45, 7) is 0.163. The van der Waals surface area contributed by atoms with E-state index in [4.69, 9.17) is 19.3 Å². The van der Waals surface area contributed by atoms with Gasteiger partial charge < -0.3 is 19.3 Å². The van der Waals surface area contributed by atoms with Gasteiger partial charge in [-0.2, -0.15) is 0 Å². The maximum atomic E-state index is 10.8. The van der Waals surface area contributed by atoms with Crippen LogP contribution in [0.5, 0.6) is 17.2 Å². The Morgan fingerprint density at radius 1 is 1.40 bits per heavy atom. The topological polar surface area (TPSA) is 77.9 Å². The Morgan fingerprint density at radius 2 is 2.20 bits per heavy atom. The van der Waals surface area contributed by atoms with Crippen LogP contribution < -0.4 is 14.2 Å². The molecular weight excluding hydrogens is 282 g/mol. The van der Waals surface area contributed by atoms with E-state index in [-0.39, 0.29) is 11.5 Å². The van der Waals surface area contributed by atoms with E-state index in [1.165, 1.54) is 13.2 Å². The summed E-state index contributed by atoms with van der Waals surface area (Å²) in [5, 5.41) is 10.5. The quantitative estimate of drug-likeness (QED) is 0.882. The molecule has 0 aliphatic carbocycles. The van der Waals surface area contributed by atoms with Crippen LogP contribution in [0.15, 0.2) is 23.7 Å². The lowest BCUT2D eigenvalue weighted by Gasteiger charge is -2.11. The zero-order valence-corrected chi connectivity index (χ0v) is 11.8. The van der Waals surface area contributed by atoms with Crippen LogP contribution in [-0.2, 0) is 6.61 Å². The van der Waals surface area contributed by atoms with Gasteiger partial charge in [-0.1, -0.05) is 0 Å². The monoisotopic (exact) mass is 295 g/mol. The fourth-order valence-corrected chi connectivity index (χ4v) is 2.28. The van der Waals surface area contributed by atoms with Gasteiger partial charge in [0, 0.05) is 23.7 Å². The number of hydrogen-bond acceptors (Lipinski definition) is 6. The molecule has 20 heavy (non-hydrogen) atoms. The zero-order chi connectivity index (χ0) is 14.5. The number of carbonyl (C=O) groups is 1. The van der Waals surface area contributed by atoms with Crippen LogP contribution in [-0.4, -0.2) is 30.3 Å². The fourth-order valence-electron chi connectivity index (χ4n) is 1.61. The van der Waals surface area contributed by atoms with Crippen molar-refractivity contribution in [2.75, 3.05) is 14.2 Å². The van der Waals surface area contributed by atoms with Crippen LogP contribution in [0.25, 0.3) is 0 Å². The highest BCUT2D eigenvalue weighted by Gasteiger charge is 2.13. The third-order valence-corrected chi connectivity index (χ3v) is 3.42. The van der Waals surface area contributed by atoms with Gasteiger partial charge >= 0.3 is 5.97 Å². The molecule has 0 saturated carbocycles. The molecule has 0 fully saturated rings. The van der Waals surface area contributed by atoms with E-state index < -0.39 is 5.97 Å². The van der Waals surface area contributed by atoms with Gasteiger partial charge in [0.05, 0.1) is 14.2 Å². The molecule has 6 nitrogen and oxygen atoms in total. The maximum absolute atomic E-state index is 10.8. The second kappa shape index (κ2) is 6.25. The molecule has 0 atom stereocenters. The Kier molecular flexibility index (Phi) is 4.41. The number of hydrogen-bond donors (Lipinski definition) is 1. The molecule has 0 unspecified atom stereocenters. The predicted molar refractivity (Wildman–Crippen MR) is 73.0 cm³/mol. The van der Waals surface area contributed by atoms with Crippen molar-refractivity contribution in [3.8, 4) is 17.2 Å². The minimum atomic E-state index is -0.970. The van der Waals surface area contributed by atoms with E-state index in [9.17, 15) is 4.79 Å². The molecule has 0 amide bonds. The van der Waals surface area contributed by atoms with E-state index in [0.717, 1.165) is 11.3 Å². The number of carboxylic acids is 1. The van der Waals surface area contributed by atoms with E-state index in [1.54, 1.807) is 24.8 Å². The number of nitrogens with zero attached hydrogens (tertiary/aromatic N) is 1. The van der Waals surface area contributed by atoms with Gasteiger partial charge in [-0.05, 0) is 0 Å². The number of aromatic nitrogens is 1. The third-order valence-electron chi connectivity index (χ3n) is 2.53. The van der Waals surface area contributed by atoms with Crippen LogP contribution in [0.2, 0.25) is 0 Å². The van der Waals surface area contributed by atoms with Gasteiger partial charge in [-0.15, -0.1) is 11.3 Å². The number of aromatic carboxylic acids is 1. The molecule has 0 saturated heterocycles. The summed E-state index contributed by atoms with van der Waals surface area (Å²) in [5.41, 5.74) is 0.579. The van der Waals surface area contributed by atoms with Crippen LogP contribution in [0, 0.1) is 0 Å². The molecule has 0 aliphatic heterocycles. The number of ether oxygens (including phenoxy) is 3. The van der Waals surface area contributed by atoms with Gasteiger partial charge in [0.25, 0.3) is 0 Å². The minimum Gasteiger partial charge on any atom is -0.493 e. The Morgan fingerprint density at radius 3 is 2.80 bits per heavy atom. The summed E-state index contributed by atoms with van der Waals surface area (Å²) < 4.78 is 15.9. The predicted octanol–water partition coefficient (Wildman–Crippen LogP) is 2.44. The van der Waals surface area contributed by atoms with E-state index in [1.807, 2.05) is 0 Å². The molecular formula is C13H13NO5S. The van der Waals surface area contributed by atoms with Crippen LogP contribution in [0.3, 0.4) is 0 Å². The molecule has 7 heteroatoms. The highest BCUT2D eigenvalue weighted by molar-refractivity contribution is 7.12. The number of rotatable bonds is 6. The second-order valence-electron chi connectivity index (χ2n) is 3.73. The van der Waals surface area contributed by atoms with Gasteiger partial charge in [0.15, 0.2) is 11.5 Å². The highest BCUT2D eigenvalue weighted by atomic mass is 32.1. The molecule has 1 N–H and O–H groups in total. The van der Waals surface area contributed by atoms with Crippen molar-refractivity contribution in [2.24, 2.45) is 0 Å². The van der Waals surface area contributed by atoms with Gasteiger partial charge in [-0.25, -0.2) is 4.79 Å². The summed E-state index contributed by atoms with van der Waals surface area (Å²) in [4.78, 5) is 15.2. The molecule has 106 valence electrons. The first-order valence-electron chi connectivity index (χ1n) is 5.66. The first-order chi connectivity index (χ1) is 9.65. The normalized spacial score (nSPS) is 10.1. The number of carboxylic acid groups (broad SMARTS) is 1. The van der Waals surface area contributed by atoms with Crippen molar-refractivity contribution in [1.82, 2.24) is 4.98 Å². The Labute approximate surface area is 119 Å². The molecule has 0 bridgehead atoms. The summed E-state index contributed by atoms with van der Waals surface area (Å²) in [6, 6.07) is 3.16.